The maximum absolute atomic E-state index is 12.2. The largest absolute Gasteiger partial charge is 0.369 e. The number of benzene rings is 1. The van der Waals surface area contributed by atoms with Gasteiger partial charge in [0.15, 0.2) is 0 Å². The van der Waals surface area contributed by atoms with Crippen molar-refractivity contribution < 1.29 is 9.59 Å². The van der Waals surface area contributed by atoms with E-state index in [-0.39, 0.29) is 23.7 Å². The van der Waals surface area contributed by atoms with Gasteiger partial charge in [0.25, 0.3) is 0 Å². The fraction of sp³-hybridized carbons (Fsp3) is 0.529. The van der Waals surface area contributed by atoms with E-state index in [2.05, 4.69) is 22.8 Å². The first-order chi connectivity index (χ1) is 10.7. The molecule has 2 amide bonds. The number of hydrogen-bond acceptors (Lipinski definition) is 3. The molecule has 5 heteroatoms. The van der Waals surface area contributed by atoms with Crippen molar-refractivity contribution in [1.82, 2.24) is 10.6 Å². The Hall–Kier alpha value is -1.88. The van der Waals surface area contributed by atoms with Crippen LogP contribution in [-0.2, 0) is 16.1 Å². The van der Waals surface area contributed by atoms with Crippen LogP contribution in [-0.4, -0.2) is 24.9 Å². The molecule has 0 spiro atoms. The minimum atomic E-state index is -0.345. The molecular weight excluding hydrogens is 278 g/mol. The molecule has 22 heavy (non-hydrogen) atoms. The molecule has 5 nitrogen and oxygen atoms in total. The molecule has 0 aromatic heterocycles. The predicted octanol–water partition coefficient (Wildman–Crippen LogP) is 1.18. The van der Waals surface area contributed by atoms with Crippen molar-refractivity contribution >= 4 is 11.8 Å². The number of primary amides is 1. The predicted molar refractivity (Wildman–Crippen MR) is 85.8 cm³/mol. The maximum atomic E-state index is 12.2. The number of carbonyl (C=O) groups excluding carboxylic acids is 2. The van der Waals surface area contributed by atoms with E-state index in [9.17, 15) is 9.59 Å². The quantitative estimate of drug-likeness (QED) is 0.661. The Morgan fingerprint density at radius 1 is 1.05 bits per heavy atom. The van der Waals surface area contributed by atoms with Gasteiger partial charge >= 0.3 is 0 Å². The van der Waals surface area contributed by atoms with Gasteiger partial charge in [-0.1, -0.05) is 43.2 Å². The number of amides is 2. The summed E-state index contributed by atoms with van der Waals surface area (Å²) in [7, 11) is 0. The Labute approximate surface area is 131 Å². The first kappa shape index (κ1) is 16.5. The Morgan fingerprint density at radius 2 is 1.73 bits per heavy atom. The van der Waals surface area contributed by atoms with E-state index in [0.29, 0.717) is 13.1 Å². The van der Waals surface area contributed by atoms with Crippen LogP contribution in [0.15, 0.2) is 30.3 Å². The van der Waals surface area contributed by atoms with Crippen molar-refractivity contribution in [2.75, 3.05) is 13.1 Å². The zero-order valence-electron chi connectivity index (χ0n) is 12.9. The molecule has 4 N–H and O–H groups in total. The second-order valence-electron chi connectivity index (χ2n) is 5.85. The average molecular weight is 303 g/mol. The lowest BCUT2D eigenvalue weighted by atomic mass is 9.78. The van der Waals surface area contributed by atoms with E-state index in [4.69, 9.17) is 5.73 Å². The summed E-state index contributed by atoms with van der Waals surface area (Å²) in [6.45, 7) is 2.05. The van der Waals surface area contributed by atoms with Gasteiger partial charge in [-0.15, -0.1) is 0 Å². The molecule has 0 saturated heterocycles. The molecule has 0 unspecified atom stereocenters. The molecule has 2 atom stereocenters. The number of nitrogens with two attached hydrogens (primary N) is 1. The van der Waals surface area contributed by atoms with Crippen LogP contribution < -0.4 is 16.4 Å². The molecule has 120 valence electrons. The van der Waals surface area contributed by atoms with Crippen molar-refractivity contribution in [3.05, 3.63) is 35.9 Å². The molecule has 1 aromatic rings. The summed E-state index contributed by atoms with van der Waals surface area (Å²) in [5, 5.41) is 6.20. The van der Waals surface area contributed by atoms with E-state index >= 15 is 0 Å². The van der Waals surface area contributed by atoms with Gasteiger partial charge in [-0.05, 0) is 18.4 Å². The highest BCUT2D eigenvalue weighted by Crippen LogP contribution is 2.29. The Kier molecular flexibility index (Phi) is 6.40. The van der Waals surface area contributed by atoms with Crippen molar-refractivity contribution in [2.24, 2.45) is 17.6 Å². The SMILES string of the molecule is NC(=O)[C@H]1CCCC[C@H]1C(=O)NCCNCc1ccccc1. The van der Waals surface area contributed by atoms with Crippen LogP contribution in [0, 0.1) is 11.8 Å². The molecule has 1 aromatic carbocycles. The van der Waals surface area contributed by atoms with Crippen LogP contribution in [0.4, 0.5) is 0 Å². The first-order valence-corrected chi connectivity index (χ1v) is 8.00. The third kappa shape index (κ3) is 4.84. The average Bonchev–Trinajstić information content (AvgIpc) is 2.55. The lowest BCUT2D eigenvalue weighted by molar-refractivity contribution is -0.134. The summed E-state index contributed by atoms with van der Waals surface area (Å²) in [5.41, 5.74) is 6.62. The fourth-order valence-corrected chi connectivity index (χ4v) is 3.02. The molecule has 2 rings (SSSR count). The van der Waals surface area contributed by atoms with Gasteiger partial charge in [-0.2, -0.15) is 0 Å². The third-order valence-corrected chi connectivity index (χ3v) is 4.24. The number of nitrogens with one attached hydrogen (secondary N) is 2. The van der Waals surface area contributed by atoms with Crippen molar-refractivity contribution in [1.29, 1.82) is 0 Å². The summed E-state index contributed by atoms with van der Waals surface area (Å²) >= 11 is 0. The minimum Gasteiger partial charge on any atom is -0.369 e. The lowest BCUT2D eigenvalue weighted by Gasteiger charge is -2.28. The molecular formula is C17H25N3O2. The van der Waals surface area contributed by atoms with Crippen molar-refractivity contribution in [2.45, 2.75) is 32.2 Å². The highest BCUT2D eigenvalue weighted by molar-refractivity contribution is 5.87. The topological polar surface area (TPSA) is 84.2 Å². The molecule has 0 aliphatic heterocycles. The number of carbonyl (C=O) groups is 2. The number of hydrogen-bond donors (Lipinski definition) is 3. The van der Waals surface area contributed by atoms with Crippen LogP contribution in [0.25, 0.3) is 0 Å². The lowest BCUT2D eigenvalue weighted by Crippen LogP contribution is -2.43. The summed E-state index contributed by atoms with van der Waals surface area (Å²) in [6, 6.07) is 10.1. The van der Waals surface area contributed by atoms with E-state index in [0.717, 1.165) is 32.2 Å². The zero-order chi connectivity index (χ0) is 15.8. The normalized spacial score (nSPS) is 21.3. The first-order valence-electron chi connectivity index (χ1n) is 8.00. The third-order valence-electron chi connectivity index (χ3n) is 4.24. The summed E-state index contributed by atoms with van der Waals surface area (Å²) in [5.74, 6) is -0.932. The van der Waals surface area contributed by atoms with Crippen LogP contribution in [0.2, 0.25) is 0 Å². The van der Waals surface area contributed by atoms with E-state index in [1.807, 2.05) is 18.2 Å². The fourth-order valence-electron chi connectivity index (χ4n) is 3.02. The van der Waals surface area contributed by atoms with Crippen LogP contribution in [0.3, 0.4) is 0 Å². The van der Waals surface area contributed by atoms with Gasteiger partial charge in [-0.3, -0.25) is 9.59 Å². The summed E-state index contributed by atoms with van der Waals surface area (Å²) in [4.78, 5) is 23.6. The molecule has 0 bridgehead atoms. The Morgan fingerprint density at radius 3 is 2.41 bits per heavy atom. The molecule has 1 aliphatic rings. The summed E-state index contributed by atoms with van der Waals surface area (Å²) in [6.07, 6.45) is 3.47. The molecule has 0 heterocycles. The second-order valence-corrected chi connectivity index (χ2v) is 5.85. The summed E-state index contributed by atoms with van der Waals surface area (Å²) < 4.78 is 0. The minimum absolute atomic E-state index is 0.0370. The monoisotopic (exact) mass is 303 g/mol. The maximum Gasteiger partial charge on any atom is 0.223 e. The van der Waals surface area contributed by atoms with Gasteiger partial charge in [0.05, 0.1) is 0 Å². The van der Waals surface area contributed by atoms with Gasteiger partial charge in [0.2, 0.25) is 11.8 Å². The highest BCUT2D eigenvalue weighted by Gasteiger charge is 2.34. The Balaban J connectivity index is 1.67. The van der Waals surface area contributed by atoms with E-state index in [1.54, 1.807) is 0 Å². The van der Waals surface area contributed by atoms with Crippen LogP contribution in [0.1, 0.15) is 31.2 Å². The van der Waals surface area contributed by atoms with Crippen molar-refractivity contribution in [3.63, 3.8) is 0 Å². The van der Waals surface area contributed by atoms with Crippen LogP contribution >= 0.6 is 0 Å². The molecule has 1 fully saturated rings. The van der Waals surface area contributed by atoms with E-state index < -0.39 is 0 Å². The van der Waals surface area contributed by atoms with Crippen molar-refractivity contribution in [3.8, 4) is 0 Å². The van der Waals surface area contributed by atoms with Crippen LogP contribution in [0.5, 0.6) is 0 Å². The smallest absolute Gasteiger partial charge is 0.223 e. The zero-order valence-corrected chi connectivity index (χ0v) is 12.9. The molecule has 0 radical (unpaired) electrons. The second kappa shape index (κ2) is 8.54. The van der Waals surface area contributed by atoms with Gasteiger partial charge in [-0.25, -0.2) is 0 Å². The number of rotatable bonds is 7. The molecule has 1 saturated carbocycles. The highest BCUT2D eigenvalue weighted by atomic mass is 16.2. The van der Waals surface area contributed by atoms with E-state index in [1.165, 1.54) is 5.56 Å². The molecule has 1 aliphatic carbocycles. The van der Waals surface area contributed by atoms with Gasteiger partial charge in [0, 0.05) is 31.5 Å². The Bertz CT molecular complexity index is 490. The standard InChI is InChI=1S/C17H25N3O2/c18-16(21)14-8-4-5-9-15(14)17(22)20-11-10-19-12-13-6-2-1-3-7-13/h1-3,6-7,14-15,19H,4-5,8-12H2,(H2,18,21)(H,20,22)/t14-,15+/m0/s1. The van der Waals surface area contributed by atoms with Gasteiger partial charge < -0.3 is 16.4 Å². The van der Waals surface area contributed by atoms with Gasteiger partial charge in [0.1, 0.15) is 0 Å².